The van der Waals surface area contributed by atoms with Crippen molar-refractivity contribution in [3.05, 3.63) is 432 Å². The largest absolute Gasteiger partial charge is 0.507 e. The lowest BCUT2D eigenvalue weighted by Crippen LogP contribution is -2.02. The minimum absolute atomic E-state index is 0. The zero-order chi connectivity index (χ0) is 86.6. The number of pyridine rings is 6. The van der Waals surface area contributed by atoms with Crippen molar-refractivity contribution in [3.8, 4) is 70.0 Å². The summed E-state index contributed by atoms with van der Waals surface area (Å²) in [6.45, 7) is 6.16. The number of aromatic nitrogens is 6. The molecule has 0 aliphatic heterocycles. The summed E-state index contributed by atoms with van der Waals surface area (Å²) in [7, 11) is 0. The van der Waals surface area contributed by atoms with Gasteiger partial charge in [0.25, 0.3) is 0 Å². The Labute approximate surface area is 749 Å². The van der Waals surface area contributed by atoms with E-state index in [1.165, 1.54) is 32.2 Å². The molecule has 16 nitrogen and oxygen atoms in total. The van der Waals surface area contributed by atoms with Gasteiger partial charge in [-0.05, 0) is 182 Å². The molecule has 626 valence electrons. The second-order valence-electron chi connectivity index (χ2n) is 27.2. The lowest BCUT2D eigenvalue weighted by Gasteiger charge is -2.04. The van der Waals surface area contributed by atoms with Gasteiger partial charge in [0.2, 0.25) is 0 Å². The van der Waals surface area contributed by atoms with E-state index in [2.05, 4.69) is 77.6 Å². The summed E-state index contributed by atoms with van der Waals surface area (Å²) in [6, 6.07) is 114. The van der Waals surface area contributed by atoms with E-state index >= 15 is 0 Å². The molecular formula is C109H86Cl2N6O10. The number of carbonyl (C=O) groups is 4. The smallest absolute Gasteiger partial charge is 0.308 e. The van der Waals surface area contributed by atoms with Crippen LogP contribution in [0.15, 0.2) is 364 Å². The first-order valence-corrected chi connectivity index (χ1v) is 39.2. The number of para-hydroxylation sites is 12. The average molecular weight is 1710 g/mol. The second-order valence-corrected chi connectivity index (χ2v) is 27.2. The van der Waals surface area contributed by atoms with Crippen molar-refractivity contribution in [1.82, 2.24) is 29.9 Å². The molecule has 12 aromatic carbocycles. The number of aryl methyl sites for hydroxylation is 1. The number of phenols is 3. The van der Waals surface area contributed by atoms with Crippen molar-refractivity contribution in [1.29, 1.82) is 0 Å². The summed E-state index contributed by atoms with van der Waals surface area (Å²) in [4.78, 5) is 70.4. The number of aldehydes is 1. The van der Waals surface area contributed by atoms with Gasteiger partial charge in [-0.3, -0.25) is 24.2 Å². The number of hydrogen-bond donors (Lipinski definition) is 3. The Morgan fingerprint density at radius 3 is 0.882 bits per heavy atom. The van der Waals surface area contributed by atoms with E-state index in [-0.39, 0.29) is 67.4 Å². The maximum absolute atomic E-state index is 11.1. The predicted molar refractivity (Wildman–Crippen MR) is 515 cm³/mol. The van der Waals surface area contributed by atoms with Gasteiger partial charge in [-0.15, -0.1) is 24.8 Å². The lowest BCUT2D eigenvalue weighted by atomic mass is 10.1. The number of ether oxygens (including phenoxy) is 3. The molecular weight excluding hydrogens is 1620 g/mol. The zero-order valence-electron chi connectivity index (χ0n) is 68.7. The third kappa shape index (κ3) is 29.0. The van der Waals surface area contributed by atoms with Crippen molar-refractivity contribution in [2.24, 2.45) is 0 Å². The average Bonchev–Trinajstić information content (AvgIpc) is 0.855. The van der Waals surface area contributed by atoms with Gasteiger partial charge in [-0.1, -0.05) is 256 Å². The monoisotopic (exact) mass is 1710 g/mol. The number of esters is 3. The van der Waals surface area contributed by atoms with Crippen molar-refractivity contribution in [2.75, 3.05) is 0 Å². The standard InChI is InChI=1S/2C19H15NO2.C19H13NO2.2C17H11NO.C10H9N.C7H6O2.CH4.2ClH/c3*1-14(21)22-19-9-5-3-7-16(19)11-13-17-12-10-15-6-2-4-8-18(15)20-17;2*19-17-8-4-2-6-14(17)10-12-15-11-9-13-5-1-3-7-16(13)18-15;1-8-6-7-9-4-2-3-5-10(9)11-8;8-5-6-3-1-2-4-7(6)9;;;/h2*2-13H,1H3;2-10,12H,1H3;2*1-9,11,19H;2-7H,1H3;1-5,9H;1H4;2*1H/b2*13-11+;;;;;;;;. The summed E-state index contributed by atoms with van der Waals surface area (Å²) in [6.07, 6.45) is 8.24. The topological polar surface area (TPSA) is 234 Å². The van der Waals surface area contributed by atoms with Crippen LogP contribution in [-0.2, 0) is 14.4 Å². The molecule has 0 unspecified atom stereocenters. The van der Waals surface area contributed by atoms with Gasteiger partial charge >= 0.3 is 17.9 Å². The molecule has 6 aromatic heterocycles. The van der Waals surface area contributed by atoms with Crippen molar-refractivity contribution in [3.63, 3.8) is 0 Å². The van der Waals surface area contributed by atoms with Crippen molar-refractivity contribution < 1.29 is 48.7 Å². The van der Waals surface area contributed by atoms with E-state index in [0.29, 0.717) is 62.9 Å². The Bertz CT molecular complexity index is 6840. The number of phenolic OH excluding ortho intramolecular Hbond substituents is 3. The van der Waals surface area contributed by atoms with E-state index < -0.39 is 0 Å². The maximum atomic E-state index is 11.1. The molecule has 0 atom stereocenters. The van der Waals surface area contributed by atoms with Crippen molar-refractivity contribution in [2.45, 2.75) is 35.1 Å². The third-order valence-corrected chi connectivity index (χ3v) is 18.0. The van der Waals surface area contributed by atoms with Crippen LogP contribution in [0.1, 0.15) is 101 Å². The molecule has 127 heavy (non-hydrogen) atoms. The summed E-state index contributed by atoms with van der Waals surface area (Å²) in [5.74, 6) is 18.8. The van der Waals surface area contributed by atoms with Crippen LogP contribution in [0.25, 0.3) is 89.7 Å². The highest BCUT2D eigenvalue weighted by Crippen LogP contribution is 2.26. The summed E-state index contributed by atoms with van der Waals surface area (Å²) in [5, 5.41) is 34.8. The van der Waals surface area contributed by atoms with Gasteiger partial charge < -0.3 is 29.5 Å². The van der Waals surface area contributed by atoms with Crippen LogP contribution in [0.3, 0.4) is 0 Å². The van der Waals surface area contributed by atoms with Crippen LogP contribution in [0.2, 0.25) is 0 Å². The van der Waals surface area contributed by atoms with Gasteiger partial charge in [-0.25, -0.2) is 24.9 Å². The number of aromatic hydroxyl groups is 3. The molecule has 0 radical (unpaired) electrons. The Morgan fingerprint density at radius 2 is 0.535 bits per heavy atom. The van der Waals surface area contributed by atoms with Crippen LogP contribution in [0.4, 0.5) is 0 Å². The van der Waals surface area contributed by atoms with Gasteiger partial charge in [0.05, 0.1) is 66.7 Å². The first-order chi connectivity index (χ1) is 60.5. The van der Waals surface area contributed by atoms with E-state index in [0.717, 1.165) is 88.2 Å². The Hall–Kier alpha value is -16.7. The van der Waals surface area contributed by atoms with E-state index in [9.17, 15) is 29.4 Å². The quantitative estimate of drug-likeness (QED) is 0.0555. The summed E-state index contributed by atoms with van der Waals surface area (Å²) < 4.78 is 15.5. The number of carbonyl (C=O) groups excluding carboxylic acids is 4. The van der Waals surface area contributed by atoms with E-state index in [1.807, 2.05) is 298 Å². The van der Waals surface area contributed by atoms with Gasteiger partial charge in [0.15, 0.2) is 6.29 Å². The number of rotatable bonds is 8. The van der Waals surface area contributed by atoms with Crippen LogP contribution in [0.5, 0.6) is 34.5 Å². The molecule has 18 rings (SSSR count). The fourth-order valence-electron chi connectivity index (χ4n) is 12.0. The van der Waals surface area contributed by atoms with Gasteiger partial charge in [0.1, 0.15) is 51.6 Å². The minimum Gasteiger partial charge on any atom is -0.507 e. The van der Waals surface area contributed by atoms with Gasteiger partial charge in [-0.2, -0.15) is 0 Å². The van der Waals surface area contributed by atoms with E-state index in [4.69, 9.17) is 19.3 Å². The molecule has 3 N–H and O–H groups in total. The number of hydrogen-bond acceptors (Lipinski definition) is 16. The van der Waals surface area contributed by atoms with Crippen LogP contribution < -0.4 is 14.2 Å². The molecule has 0 fully saturated rings. The highest BCUT2D eigenvalue weighted by Gasteiger charge is 2.09. The van der Waals surface area contributed by atoms with Crippen LogP contribution in [0, 0.1) is 42.4 Å². The molecule has 18 heteroatoms. The summed E-state index contributed by atoms with van der Waals surface area (Å²) >= 11 is 0. The molecule has 0 saturated carbocycles. The fourth-order valence-corrected chi connectivity index (χ4v) is 12.0. The lowest BCUT2D eigenvalue weighted by molar-refractivity contribution is -0.132. The number of halogens is 2. The molecule has 0 amide bonds. The van der Waals surface area contributed by atoms with Crippen LogP contribution >= 0.6 is 24.8 Å². The first kappa shape index (κ1) is 94.2. The predicted octanol–water partition coefficient (Wildman–Crippen LogP) is 24.1. The normalized spacial score (nSPS) is 9.98. The number of benzene rings is 12. The number of nitrogens with zero attached hydrogens (tertiary/aromatic N) is 6. The molecule has 18 aromatic rings. The molecule has 0 aliphatic carbocycles. The molecule has 0 bridgehead atoms. The molecule has 0 spiro atoms. The summed E-state index contributed by atoms with van der Waals surface area (Å²) in [5.41, 5.74) is 14.5. The SMILES string of the molecule is C.CC(=O)Oc1ccccc1/C=C/c1ccc2ccccc2n1.CC(=O)Oc1ccccc1/C=C/c1ccc2ccccc2n1.CC(=O)Oc1ccccc1C#Cc1ccc2ccccc2n1.Cc1ccc2ccccc2n1.Cl.Cl.O=Cc1ccccc1O.Oc1ccccc1C#Cc1ccc2ccccc2n1.Oc1ccccc1C#Cc1ccc2ccccc2n1. The minimum atomic E-state index is -0.363. The molecule has 0 aliphatic rings. The second kappa shape index (κ2) is 48.7. The first-order valence-electron chi connectivity index (χ1n) is 39.2. The Kier molecular flexibility index (Phi) is 36.1. The van der Waals surface area contributed by atoms with Crippen LogP contribution in [-0.4, -0.2) is 69.4 Å². The highest BCUT2D eigenvalue weighted by molar-refractivity contribution is 5.87. The zero-order valence-corrected chi connectivity index (χ0v) is 70.4. The Balaban J connectivity index is 0.000000169. The highest BCUT2D eigenvalue weighted by atomic mass is 35.5. The molecule has 0 saturated heterocycles. The number of fused-ring (bicyclic) bond motifs is 6. The molecule has 6 heterocycles. The fraction of sp³-hybridized carbons (Fsp3) is 0.0459. The maximum Gasteiger partial charge on any atom is 0.308 e. The Morgan fingerprint density at radius 1 is 0.268 bits per heavy atom. The van der Waals surface area contributed by atoms with Gasteiger partial charge in [0, 0.05) is 69.9 Å². The third-order valence-electron chi connectivity index (χ3n) is 18.0. The van der Waals surface area contributed by atoms with E-state index in [1.54, 1.807) is 78.9 Å². The van der Waals surface area contributed by atoms with Crippen molar-refractivity contribution >= 4 is 139 Å².